The Morgan fingerprint density at radius 2 is 2.22 bits per heavy atom. The lowest BCUT2D eigenvalue weighted by Crippen LogP contribution is -2.25. The van der Waals surface area contributed by atoms with Crippen LogP contribution in [-0.4, -0.2) is 38.0 Å². The maximum absolute atomic E-state index is 10.9. The van der Waals surface area contributed by atoms with Crippen LogP contribution in [0.25, 0.3) is 0 Å². The molecule has 1 aromatic heterocycles. The third kappa shape index (κ3) is 4.46. The molecule has 0 bridgehead atoms. The number of carbonyl (C=O) groups is 1. The van der Waals surface area contributed by atoms with E-state index in [2.05, 4.69) is 10.5 Å². The molecule has 0 unspecified atom stereocenters. The number of carbonyl (C=O) groups excluding carboxylic acids is 1. The molecule has 0 aliphatic carbocycles. The minimum absolute atomic E-state index is 0.188. The topological polar surface area (TPSA) is 73.6 Å². The van der Waals surface area contributed by atoms with Crippen molar-refractivity contribution in [1.82, 2.24) is 5.16 Å². The summed E-state index contributed by atoms with van der Waals surface area (Å²) in [6.45, 7) is 7.01. The van der Waals surface area contributed by atoms with Crippen molar-refractivity contribution in [2.24, 2.45) is 0 Å². The number of aromatic nitrogens is 1. The molecule has 6 nitrogen and oxygen atoms in total. The first-order valence-corrected chi connectivity index (χ1v) is 5.77. The lowest BCUT2D eigenvalue weighted by Gasteiger charge is -2.21. The van der Waals surface area contributed by atoms with Gasteiger partial charge in [0.1, 0.15) is 0 Å². The van der Waals surface area contributed by atoms with Crippen molar-refractivity contribution < 1.29 is 18.8 Å². The van der Waals surface area contributed by atoms with Crippen molar-refractivity contribution in [1.29, 1.82) is 0 Å². The van der Waals surface area contributed by atoms with E-state index in [1.807, 2.05) is 13.8 Å². The van der Waals surface area contributed by atoms with E-state index >= 15 is 0 Å². The fraction of sp³-hybridized carbons (Fsp3) is 0.667. The van der Waals surface area contributed by atoms with E-state index in [1.165, 1.54) is 6.92 Å². The predicted molar refractivity (Wildman–Crippen MR) is 66.5 cm³/mol. The first-order chi connectivity index (χ1) is 8.45. The van der Waals surface area contributed by atoms with Gasteiger partial charge in [0.15, 0.2) is 0 Å². The summed E-state index contributed by atoms with van der Waals surface area (Å²) in [5.74, 6) is 0.161. The van der Waals surface area contributed by atoms with Gasteiger partial charge in [0.2, 0.25) is 11.8 Å². The van der Waals surface area contributed by atoms with E-state index in [4.69, 9.17) is 14.0 Å². The normalized spacial score (nSPS) is 11.6. The highest BCUT2D eigenvalue weighted by molar-refractivity contribution is 5.87. The molecule has 1 amide bonds. The molecule has 0 saturated heterocycles. The lowest BCUT2D eigenvalue weighted by molar-refractivity contribution is -0.114. The molecule has 6 heteroatoms. The molecule has 102 valence electrons. The SMILES string of the molecule is COCCOCC(C)(C)c1cc(NC(C)=O)on1. The number of rotatable bonds is 7. The zero-order valence-electron chi connectivity index (χ0n) is 11.3. The van der Waals surface area contributed by atoms with E-state index in [0.29, 0.717) is 25.7 Å². The molecule has 0 radical (unpaired) electrons. The molecule has 0 fully saturated rings. The van der Waals surface area contributed by atoms with Crippen LogP contribution in [0.15, 0.2) is 10.6 Å². The second-order valence-corrected chi connectivity index (χ2v) is 4.69. The highest BCUT2D eigenvalue weighted by Gasteiger charge is 2.25. The summed E-state index contributed by atoms with van der Waals surface area (Å²) in [6, 6.07) is 1.71. The molecule has 0 aliphatic heterocycles. The zero-order valence-corrected chi connectivity index (χ0v) is 11.3. The molecule has 0 aromatic carbocycles. The van der Waals surface area contributed by atoms with Gasteiger partial charge in [-0.2, -0.15) is 0 Å². The van der Waals surface area contributed by atoms with Crippen LogP contribution in [0.5, 0.6) is 0 Å². The largest absolute Gasteiger partial charge is 0.382 e. The Bertz CT molecular complexity index is 387. The van der Waals surface area contributed by atoms with Crippen LogP contribution >= 0.6 is 0 Å². The second-order valence-electron chi connectivity index (χ2n) is 4.69. The molecule has 0 spiro atoms. The number of methoxy groups -OCH3 is 1. The Morgan fingerprint density at radius 3 is 2.83 bits per heavy atom. The van der Waals surface area contributed by atoms with Crippen LogP contribution in [0.4, 0.5) is 5.88 Å². The Hall–Kier alpha value is -1.40. The van der Waals surface area contributed by atoms with Crippen molar-refractivity contribution in [3.8, 4) is 0 Å². The Kier molecular flexibility index (Phi) is 5.30. The van der Waals surface area contributed by atoms with Crippen molar-refractivity contribution in [3.05, 3.63) is 11.8 Å². The van der Waals surface area contributed by atoms with Crippen molar-refractivity contribution in [2.45, 2.75) is 26.2 Å². The van der Waals surface area contributed by atoms with Crippen molar-refractivity contribution in [3.63, 3.8) is 0 Å². The summed E-state index contributed by atoms with van der Waals surface area (Å²) >= 11 is 0. The average molecular weight is 256 g/mol. The van der Waals surface area contributed by atoms with Gasteiger partial charge in [-0.3, -0.25) is 10.1 Å². The minimum atomic E-state index is -0.284. The van der Waals surface area contributed by atoms with E-state index in [-0.39, 0.29) is 11.3 Å². The maximum atomic E-state index is 10.9. The van der Waals surface area contributed by atoms with Crippen LogP contribution in [-0.2, 0) is 19.7 Å². The van der Waals surface area contributed by atoms with Gasteiger partial charge in [0.25, 0.3) is 0 Å². The molecule has 1 aromatic rings. The van der Waals surface area contributed by atoms with E-state index in [1.54, 1.807) is 13.2 Å². The Labute approximate surface area is 107 Å². The zero-order chi connectivity index (χ0) is 13.6. The summed E-state index contributed by atoms with van der Waals surface area (Å²) in [5.41, 5.74) is 0.456. The van der Waals surface area contributed by atoms with Crippen LogP contribution in [0, 0.1) is 0 Å². The van der Waals surface area contributed by atoms with Gasteiger partial charge in [0.05, 0.1) is 25.5 Å². The molecule has 1 heterocycles. The minimum Gasteiger partial charge on any atom is -0.382 e. The van der Waals surface area contributed by atoms with Crippen LogP contribution < -0.4 is 5.32 Å². The van der Waals surface area contributed by atoms with E-state index < -0.39 is 0 Å². The highest BCUT2D eigenvalue weighted by atomic mass is 16.5. The molecule has 0 aliphatic rings. The lowest BCUT2D eigenvalue weighted by atomic mass is 9.90. The van der Waals surface area contributed by atoms with Gasteiger partial charge in [-0.05, 0) is 0 Å². The number of anilines is 1. The van der Waals surface area contributed by atoms with Gasteiger partial charge in [-0.15, -0.1) is 0 Å². The molecule has 0 atom stereocenters. The van der Waals surface area contributed by atoms with Crippen LogP contribution in [0.1, 0.15) is 26.5 Å². The summed E-state index contributed by atoms with van der Waals surface area (Å²) < 4.78 is 15.4. The number of amides is 1. The number of hydrogen-bond donors (Lipinski definition) is 1. The standard InChI is InChI=1S/C12H20N2O4/c1-9(15)13-11-7-10(14-18-11)12(2,3)8-17-6-5-16-4/h7H,5-6,8H2,1-4H3,(H,13,15). The number of nitrogens with one attached hydrogen (secondary N) is 1. The third-order valence-electron chi connectivity index (χ3n) is 2.40. The van der Waals surface area contributed by atoms with Gasteiger partial charge in [-0.1, -0.05) is 19.0 Å². The van der Waals surface area contributed by atoms with Crippen molar-refractivity contribution in [2.75, 3.05) is 32.2 Å². The number of ether oxygens (including phenoxy) is 2. The summed E-state index contributed by atoms with van der Waals surface area (Å²) in [7, 11) is 1.63. The number of nitrogens with zero attached hydrogens (tertiary/aromatic N) is 1. The Morgan fingerprint density at radius 1 is 1.50 bits per heavy atom. The van der Waals surface area contributed by atoms with Gasteiger partial charge in [0, 0.05) is 25.5 Å². The molecule has 0 saturated carbocycles. The fourth-order valence-electron chi connectivity index (χ4n) is 1.37. The first-order valence-electron chi connectivity index (χ1n) is 5.77. The smallest absolute Gasteiger partial charge is 0.231 e. The second kappa shape index (κ2) is 6.51. The van der Waals surface area contributed by atoms with Gasteiger partial charge < -0.3 is 14.0 Å². The molecule has 1 rings (SSSR count). The first kappa shape index (κ1) is 14.7. The third-order valence-corrected chi connectivity index (χ3v) is 2.40. The molecular weight excluding hydrogens is 236 g/mol. The Balaban J connectivity index is 2.55. The summed E-state index contributed by atoms with van der Waals surface area (Å²) in [4.78, 5) is 10.9. The maximum Gasteiger partial charge on any atom is 0.231 e. The summed E-state index contributed by atoms with van der Waals surface area (Å²) in [6.07, 6.45) is 0. The van der Waals surface area contributed by atoms with Crippen molar-refractivity contribution >= 4 is 11.8 Å². The molecule has 18 heavy (non-hydrogen) atoms. The molecular formula is C12H20N2O4. The van der Waals surface area contributed by atoms with E-state index in [9.17, 15) is 4.79 Å². The average Bonchev–Trinajstić information content (AvgIpc) is 2.73. The fourth-order valence-corrected chi connectivity index (χ4v) is 1.37. The van der Waals surface area contributed by atoms with Crippen LogP contribution in [0.2, 0.25) is 0 Å². The number of hydrogen-bond acceptors (Lipinski definition) is 5. The molecule has 1 N–H and O–H groups in total. The van der Waals surface area contributed by atoms with E-state index in [0.717, 1.165) is 5.69 Å². The monoisotopic (exact) mass is 256 g/mol. The van der Waals surface area contributed by atoms with Gasteiger partial charge in [-0.25, -0.2) is 0 Å². The summed E-state index contributed by atoms with van der Waals surface area (Å²) in [5, 5.41) is 6.48. The van der Waals surface area contributed by atoms with Gasteiger partial charge >= 0.3 is 0 Å². The quantitative estimate of drug-likeness (QED) is 0.750. The highest BCUT2D eigenvalue weighted by Crippen LogP contribution is 2.24. The van der Waals surface area contributed by atoms with Crippen LogP contribution in [0.3, 0.4) is 0 Å². The predicted octanol–water partition coefficient (Wildman–Crippen LogP) is 1.57.